The molecule has 0 fully saturated rings. The van der Waals surface area contributed by atoms with Crippen LogP contribution in [0.3, 0.4) is 0 Å². The van der Waals surface area contributed by atoms with Gasteiger partial charge in [0, 0.05) is 30.3 Å². The Balaban J connectivity index is 1.44. The molecule has 7 nitrogen and oxygen atoms in total. The number of carbonyl (C=O) groups is 1. The summed E-state index contributed by atoms with van der Waals surface area (Å²) in [6, 6.07) is 1.94. The van der Waals surface area contributed by atoms with Crippen LogP contribution >= 0.6 is 0 Å². The van der Waals surface area contributed by atoms with E-state index in [1.54, 1.807) is 11.9 Å². The molecule has 0 aliphatic carbocycles. The number of rotatable bonds is 2. The lowest BCUT2D eigenvalue weighted by Gasteiger charge is -2.30. The maximum atomic E-state index is 13.8. The third-order valence-corrected chi connectivity index (χ3v) is 6.40. The summed E-state index contributed by atoms with van der Waals surface area (Å²) in [6.07, 6.45) is 0.452. The van der Waals surface area contributed by atoms with E-state index < -0.39 is 17.5 Å². The number of fused-ring (bicyclic) bond motifs is 2. The highest BCUT2D eigenvalue weighted by Gasteiger charge is 2.34. The highest BCUT2D eigenvalue weighted by molar-refractivity contribution is 5.94. The lowest BCUT2D eigenvalue weighted by molar-refractivity contribution is -0.0663. The standard InChI is InChI=1S/C23H24F3N5O2/c1-12-18-10-33-23(2,3)11-31(18)28-20(12)22(32)30-6-5-14-17(9-30)27-29(4)21(14)13-7-15(24)19(26)16(25)8-13/h7-8H,5-6,9-11H2,1-4H3. The molecule has 0 spiro atoms. The molecule has 2 aliphatic rings. The van der Waals surface area contributed by atoms with Crippen LogP contribution in [0.25, 0.3) is 11.3 Å². The fraction of sp³-hybridized carbons (Fsp3) is 0.435. The molecule has 3 aromatic rings. The zero-order chi connectivity index (χ0) is 23.7. The van der Waals surface area contributed by atoms with Crippen LogP contribution in [-0.4, -0.2) is 42.5 Å². The quantitative estimate of drug-likeness (QED) is 0.550. The average molecular weight is 459 g/mol. The summed E-state index contributed by atoms with van der Waals surface area (Å²) in [5.74, 6) is -4.19. The average Bonchev–Trinajstić information content (AvgIpc) is 3.25. The third-order valence-electron chi connectivity index (χ3n) is 6.40. The molecule has 2 aromatic heterocycles. The molecule has 10 heteroatoms. The van der Waals surface area contributed by atoms with E-state index in [9.17, 15) is 18.0 Å². The second-order valence-corrected chi connectivity index (χ2v) is 9.25. The predicted octanol–water partition coefficient (Wildman–Crippen LogP) is 3.52. The molecule has 0 N–H and O–H groups in total. The molecule has 4 heterocycles. The van der Waals surface area contributed by atoms with Crippen molar-refractivity contribution in [3.63, 3.8) is 0 Å². The molecule has 0 unspecified atom stereocenters. The number of aromatic nitrogens is 4. The second-order valence-electron chi connectivity index (χ2n) is 9.25. The van der Waals surface area contributed by atoms with Crippen molar-refractivity contribution in [3.8, 4) is 11.3 Å². The smallest absolute Gasteiger partial charge is 0.275 e. The van der Waals surface area contributed by atoms with E-state index in [4.69, 9.17) is 4.74 Å². The van der Waals surface area contributed by atoms with Crippen LogP contribution in [0.4, 0.5) is 13.2 Å². The summed E-state index contributed by atoms with van der Waals surface area (Å²) in [7, 11) is 1.66. The Morgan fingerprint density at radius 3 is 2.55 bits per heavy atom. The SMILES string of the molecule is Cc1c(C(=O)N2CCc3c(nn(C)c3-c3cc(F)c(F)c(F)c3)C2)nn2c1COC(C)(C)C2. The summed E-state index contributed by atoms with van der Waals surface area (Å²) < 4.78 is 50.3. The van der Waals surface area contributed by atoms with Crippen molar-refractivity contribution in [1.82, 2.24) is 24.5 Å². The van der Waals surface area contributed by atoms with Crippen LogP contribution in [0.15, 0.2) is 12.1 Å². The summed E-state index contributed by atoms with van der Waals surface area (Å²) in [5, 5.41) is 9.06. The minimum absolute atomic E-state index is 0.191. The first-order valence-electron chi connectivity index (χ1n) is 10.7. The minimum atomic E-state index is -1.50. The number of carbonyl (C=O) groups excluding carboxylic acids is 1. The van der Waals surface area contributed by atoms with Crippen molar-refractivity contribution in [2.75, 3.05) is 6.54 Å². The van der Waals surface area contributed by atoms with Gasteiger partial charge in [-0.1, -0.05) is 0 Å². The van der Waals surface area contributed by atoms with Crippen molar-refractivity contribution < 1.29 is 22.7 Å². The molecule has 5 rings (SSSR count). The fourth-order valence-corrected chi connectivity index (χ4v) is 4.67. The van der Waals surface area contributed by atoms with E-state index in [1.807, 2.05) is 25.5 Å². The highest BCUT2D eigenvalue weighted by Crippen LogP contribution is 2.33. The molecule has 0 radical (unpaired) electrons. The van der Waals surface area contributed by atoms with E-state index in [0.29, 0.717) is 43.2 Å². The Kier molecular flexibility index (Phi) is 4.89. The van der Waals surface area contributed by atoms with Crippen molar-refractivity contribution in [3.05, 3.63) is 57.8 Å². The number of halogens is 3. The van der Waals surface area contributed by atoms with Gasteiger partial charge >= 0.3 is 0 Å². The Hall–Kier alpha value is -3.14. The molecular weight excluding hydrogens is 435 g/mol. The lowest BCUT2D eigenvalue weighted by Crippen LogP contribution is -2.37. The van der Waals surface area contributed by atoms with Crippen molar-refractivity contribution in [2.45, 2.75) is 52.5 Å². The topological polar surface area (TPSA) is 65.2 Å². The van der Waals surface area contributed by atoms with Gasteiger partial charge in [0.05, 0.1) is 42.4 Å². The van der Waals surface area contributed by atoms with Crippen LogP contribution < -0.4 is 0 Å². The normalized spacial score (nSPS) is 17.1. The molecule has 0 saturated heterocycles. The van der Waals surface area contributed by atoms with Crippen LogP contribution in [0.1, 0.15) is 46.9 Å². The van der Waals surface area contributed by atoms with Gasteiger partial charge in [-0.3, -0.25) is 14.2 Å². The Morgan fingerprint density at radius 2 is 1.85 bits per heavy atom. The lowest BCUT2D eigenvalue weighted by atomic mass is 9.99. The largest absolute Gasteiger partial charge is 0.367 e. The zero-order valence-electron chi connectivity index (χ0n) is 18.9. The molecule has 0 saturated carbocycles. The van der Waals surface area contributed by atoms with Crippen molar-refractivity contribution in [2.24, 2.45) is 7.05 Å². The van der Waals surface area contributed by atoms with Gasteiger partial charge in [0.1, 0.15) is 0 Å². The van der Waals surface area contributed by atoms with Gasteiger partial charge < -0.3 is 9.64 Å². The summed E-state index contributed by atoms with van der Waals surface area (Å²) in [4.78, 5) is 15.0. The maximum Gasteiger partial charge on any atom is 0.275 e. The van der Waals surface area contributed by atoms with Crippen LogP contribution in [0.2, 0.25) is 0 Å². The second kappa shape index (κ2) is 7.44. The van der Waals surface area contributed by atoms with Gasteiger partial charge in [0.2, 0.25) is 0 Å². The molecule has 33 heavy (non-hydrogen) atoms. The van der Waals surface area contributed by atoms with Gasteiger partial charge in [-0.2, -0.15) is 10.2 Å². The van der Waals surface area contributed by atoms with Crippen LogP contribution in [0.5, 0.6) is 0 Å². The molecule has 0 bridgehead atoms. The first-order valence-corrected chi connectivity index (χ1v) is 10.7. The van der Waals surface area contributed by atoms with E-state index in [1.165, 1.54) is 4.68 Å². The van der Waals surface area contributed by atoms with Crippen molar-refractivity contribution >= 4 is 5.91 Å². The number of nitrogens with zero attached hydrogens (tertiary/aromatic N) is 5. The number of hydrogen-bond donors (Lipinski definition) is 0. The molecular formula is C23H24F3N5O2. The van der Waals surface area contributed by atoms with E-state index in [-0.39, 0.29) is 23.6 Å². The van der Waals surface area contributed by atoms with Crippen LogP contribution in [0, 0.1) is 24.4 Å². The highest BCUT2D eigenvalue weighted by atomic mass is 19.2. The Labute approximate surface area is 188 Å². The first-order chi connectivity index (χ1) is 15.6. The zero-order valence-corrected chi connectivity index (χ0v) is 18.9. The predicted molar refractivity (Wildman–Crippen MR) is 113 cm³/mol. The number of amides is 1. The number of aryl methyl sites for hydroxylation is 1. The van der Waals surface area contributed by atoms with Crippen molar-refractivity contribution in [1.29, 1.82) is 0 Å². The Morgan fingerprint density at radius 1 is 1.15 bits per heavy atom. The minimum Gasteiger partial charge on any atom is -0.367 e. The molecule has 174 valence electrons. The van der Waals surface area contributed by atoms with Gasteiger partial charge in [-0.05, 0) is 39.3 Å². The third kappa shape index (κ3) is 3.52. The van der Waals surface area contributed by atoms with Gasteiger partial charge in [-0.25, -0.2) is 13.2 Å². The van der Waals surface area contributed by atoms with Gasteiger partial charge in [0.25, 0.3) is 5.91 Å². The molecule has 0 atom stereocenters. The monoisotopic (exact) mass is 459 g/mol. The Bertz CT molecular complexity index is 1270. The number of hydrogen-bond acceptors (Lipinski definition) is 4. The summed E-state index contributed by atoms with van der Waals surface area (Å²) >= 11 is 0. The molecule has 2 aliphatic heterocycles. The van der Waals surface area contributed by atoms with E-state index in [2.05, 4.69) is 10.2 Å². The van der Waals surface area contributed by atoms with Crippen LogP contribution in [-0.2, 0) is 37.9 Å². The summed E-state index contributed by atoms with van der Waals surface area (Å²) in [6.45, 7) is 7.46. The van der Waals surface area contributed by atoms with E-state index >= 15 is 0 Å². The number of ether oxygens (including phenoxy) is 1. The molecule has 1 aromatic carbocycles. The molecule has 1 amide bonds. The summed E-state index contributed by atoms with van der Waals surface area (Å²) in [5.41, 5.74) is 3.91. The first kappa shape index (κ1) is 21.7. The number of benzene rings is 1. The fourth-order valence-electron chi connectivity index (χ4n) is 4.67. The van der Waals surface area contributed by atoms with Gasteiger partial charge in [0.15, 0.2) is 23.1 Å². The van der Waals surface area contributed by atoms with E-state index in [0.717, 1.165) is 29.0 Å². The maximum absolute atomic E-state index is 13.8. The van der Waals surface area contributed by atoms with Gasteiger partial charge in [-0.15, -0.1) is 0 Å².